The highest BCUT2D eigenvalue weighted by Gasteiger charge is 2.30. The quantitative estimate of drug-likeness (QED) is 0.152. The summed E-state index contributed by atoms with van der Waals surface area (Å²) in [5.41, 5.74) is 3.11. The van der Waals surface area contributed by atoms with Crippen LogP contribution < -0.4 is 37.0 Å². The van der Waals surface area contributed by atoms with Crippen LogP contribution in [0.25, 0.3) is 10.9 Å². The van der Waals surface area contributed by atoms with E-state index in [-0.39, 0.29) is 17.6 Å². The molecule has 218 valence electrons. The van der Waals surface area contributed by atoms with Gasteiger partial charge in [0, 0.05) is 48.6 Å². The van der Waals surface area contributed by atoms with Crippen LogP contribution in [0.3, 0.4) is 0 Å². The van der Waals surface area contributed by atoms with E-state index in [4.69, 9.17) is 5.11 Å². The van der Waals surface area contributed by atoms with Crippen molar-refractivity contribution in [2.75, 3.05) is 33.9 Å². The van der Waals surface area contributed by atoms with E-state index >= 15 is 0 Å². The third-order valence-corrected chi connectivity index (χ3v) is 8.41. The predicted molar refractivity (Wildman–Crippen MR) is 169 cm³/mol. The molecule has 5 aromatic rings. The molecule has 2 aromatic heterocycles. The predicted octanol–water partition coefficient (Wildman–Crippen LogP) is 4.74. The van der Waals surface area contributed by atoms with Crippen molar-refractivity contribution in [2.24, 2.45) is 0 Å². The molecule has 2 amide bonds. The molecular formula is C31H28N6O5S. The van der Waals surface area contributed by atoms with Gasteiger partial charge in [-0.15, -0.1) is 11.3 Å². The number of hydrogen-bond donors (Lipinski definition) is 5. The number of piperidine rings is 1. The number of thiophene rings is 1. The highest BCUT2D eigenvalue weighted by Crippen LogP contribution is 2.29. The summed E-state index contributed by atoms with van der Waals surface area (Å²) < 4.78 is 0. The fourth-order valence-electron chi connectivity index (χ4n) is 5.35. The van der Waals surface area contributed by atoms with E-state index in [2.05, 4.69) is 26.3 Å². The molecule has 1 aliphatic heterocycles. The molecule has 0 unspecified atom stereocenters. The Kier molecular flexibility index (Phi) is 7.75. The standard InChI is InChI=1S/C31H28N6O5S/c38-27-25(26(28(27)39)37-13-9-19(10-14-37)36-31(41)42)34-20-4-3-5-21(16-20)35-30(40)29-24(11-15-43-29)33-17-18-8-12-32-23-7-2-1-6-22(18)23/h1-8,11-12,15-16,19,33-34,36H,9-10,13-14,17H2,(H,35,40)(H,41,42). The zero-order valence-corrected chi connectivity index (χ0v) is 23.7. The van der Waals surface area contributed by atoms with Crippen molar-refractivity contribution < 1.29 is 14.7 Å². The number of rotatable bonds is 9. The van der Waals surface area contributed by atoms with Crippen LogP contribution in [0.4, 0.5) is 33.2 Å². The fourth-order valence-corrected chi connectivity index (χ4v) is 6.12. The van der Waals surface area contributed by atoms with Crippen LogP contribution in [-0.2, 0) is 6.54 Å². The van der Waals surface area contributed by atoms with Crippen molar-refractivity contribution in [3.8, 4) is 0 Å². The van der Waals surface area contributed by atoms with Crippen LogP contribution >= 0.6 is 11.3 Å². The third kappa shape index (κ3) is 5.90. The van der Waals surface area contributed by atoms with E-state index < -0.39 is 17.0 Å². The van der Waals surface area contributed by atoms with Gasteiger partial charge < -0.3 is 31.3 Å². The van der Waals surface area contributed by atoms with Crippen LogP contribution in [0.15, 0.2) is 81.8 Å². The molecule has 0 aliphatic carbocycles. The second kappa shape index (κ2) is 11.9. The number of pyridine rings is 1. The second-order valence-electron chi connectivity index (χ2n) is 10.3. The van der Waals surface area contributed by atoms with E-state index in [1.807, 2.05) is 46.7 Å². The van der Waals surface area contributed by atoms with Gasteiger partial charge in [0.05, 0.1) is 11.2 Å². The Morgan fingerprint density at radius 3 is 2.58 bits per heavy atom. The van der Waals surface area contributed by atoms with Crippen molar-refractivity contribution in [2.45, 2.75) is 25.4 Å². The summed E-state index contributed by atoms with van der Waals surface area (Å²) in [6.07, 6.45) is 1.76. The number of hydrogen-bond acceptors (Lipinski definition) is 9. The molecule has 1 aliphatic rings. The summed E-state index contributed by atoms with van der Waals surface area (Å²) in [4.78, 5) is 55.8. The van der Waals surface area contributed by atoms with Gasteiger partial charge in [0.2, 0.25) is 0 Å². The van der Waals surface area contributed by atoms with E-state index in [1.165, 1.54) is 11.3 Å². The molecule has 0 spiro atoms. The Morgan fingerprint density at radius 2 is 1.77 bits per heavy atom. The Morgan fingerprint density at radius 1 is 0.977 bits per heavy atom. The zero-order valence-electron chi connectivity index (χ0n) is 22.9. The van der Waals surface area contributed by atoms with Crippen molar-refractivity contribution in [1.82, 2.24) is 10.3 Å². The molecule has 12 heteroatoms. The van der Waals surface area contributed by atoms with Gasteiger partial charge in [-0.1, -0.05) is 24.3 Å². The maximum Gasteiger partial charge on any atom is 0.404 e. The molecular weight excluding hydrogens is 568 g/mol. The van der Waals surface area contributed by atoms with Crippen molar-refractivity contribution in [3.05, 3.63) is 103 Å². The fraction of sp³-hybridized carbons (Fsp3) is 0.194. The first-order chi connectivity index (χ1) is 20.9. The Labute approximate surface area is 249 Å². The first-order valence-electron chi connectivity index (χ1n) is 13.8. The van der Waals surface area contributed by atoms with Gasteiger partial charge in [-0.3, -0.25) is 19.4 Å². The van der Waals surface area contributed by atoms with Gasteiger partial charge in [-0.25, -0.2) is 4.79 Å². The summed E-state index contributed by atoms with van der Waals surface area (Å²) in [5.74, 6) is -0.276. The average Bonchev–Trinajstić information content (AvgIpc) is 3.49. The van der Waals surface area contributed by atoms with Gasteiger partial charge in [-0.05, 0) is 60.2 Å². The number of nitrogens with one attached hydrogen (secondary N) is 4. The number of benzene rings is 2. The number of amides is 2. The van der Waals surface area contributed by atoms with Crippen molar-refractivity contribution in [1.29, 1.82) is 0 Å². The zero-order chi connectivity index (χ0) is 29.9. The van der Waals surface area contributed by atoms with Gasteiger partial charge in [0.15, 0.2) is 0 Å². The molecule has 0 saturated carbocycles. The second-order valence-corrected chi connectivity index (χ2v) is 11.2. The molecule has 5 N–H and O–H groups in total. The third-order valence-electron chi connectivity index (χ3n) is 7.49. The Balaban J connectivity index is 1.11. The monoisotopic (exact) mass is 596 g/mol. The molecule has 6 rings (SSSR count). The van der Waals surface area contributed by atoms with Gasteiger partial charge in [0.25, 0.3) is 16.8 Å². The molecule has 0 bridgehead atoms. The number of carbonyl (C=O) groups is 2. The molecule has 0 radical (unpaired) electrons. The first kappa shape index (κ1) is 27.9. The summed E-state index contributed by atoms with van der Waals surface area (Å²) >= 11 is 1.33. The lowest BCUT2D eigenvalue weighted by Gasteiger charge is -2.34. The van der Waals surface area contributed by atoms with Crippen molar-refractivity contribution in [3.63, 3.8) is 0 Å². The lowest BCUT2D eigenvalue weighted by atomic mass is 10.0. The largest absolute Gasteiger partial charge is 0.465 e. The molecule has 11 nitrogen and oxygen atoms in total. The average molecular weight is 597 g/mol. The minimum absolute atomic E-state index is 0.188. The van der Waals surface area contributed by atoms with E-state index in [0.717, 1.165) is 16.5 Å². The molecule has 3 aromatic carbocycles. The minimum atomic E-state index is -1.08. The molecule has 3 heterocycles. The highest BCUT2D eigenvalue weighted by atomic mass is 32.1. The topological polar surface area (TPSA) is 153 Å². The van der Waals surface area contributed by atoms with Gasteiger partial charge in [-0.2, -0.15) is 0 Å². The molecule has 0 atom stereocenters. The maximum atomic E-state index is 13.2. The highest BCUT2D eigenvalue weighted by molar-refractivity contribution is 7.12. The first-order valence-corrected chi connectivity index (χ1v) is 14.7. The summed E-state index contributed by atoms with van der Waals surface area (Å²) in [5, 5.41) is 23.7. The van der Waals surface area contributed by atoms with Gasteiger partial charge >= 0.3 is 6.09 Å². The summed E-state index contributed by atoms with van der Waals surface area (Å²) in [7, 11) is 0. The lowest BCUT2D eigenvalue weighted by Crippen LogP contribution is -2.49. The van der Waals surface area contributed by atoms with E-state index in [1.54, 1.807) is 30.5 Å². The summed E-state index contributed by atoms with van der Waals surface area (Å²) in [6, 6.07) is 18.5. The number of aromatic nitrogens is 1. The number of carbonyl (C=O) groups excluding carboxylic acids is 1. The maximum absolute atomic E-state index is 13.2. The van der Waals surface area contributed by atoms with E-state index in [0.29, 0.717) is 60.1 Å². The van der Waals surface area contributed by atoms with Crippen LogP contribution in [0.5, 0.6) is 0 Å². The Hall–Kier alpha value is -5.23. The van der Waals surface area contributed by atoms with Crippen molar-refractivity contribution >= 4 is 62.7 Å². The number of fused-ring (bicyclic) bond motifs is 1. The lowest BCUT2D eigenvalue weighted by molar-refractivity contribution is 0.103. The number of anilines is 5. The summed E-state index contributed by atoms with van der Waals surface area (Å²) in [6.45, 7) is 1.43. The van der Waals surface area contributed by atoms with Crippen LogP contribution in [0.1, 0.15) is 28.1 Å². The van der Waals surface area contributed by atoms with Crippen LogP contribution in [0.2, 0.25) is 0 Å². The van der Waals surface area contributed by atoms with Gasteiger partial charge in [0.1, 0.15) is 16.3 Å². The molecule has 1 fully saturated rings. The van der Waals surface area contributed by atoms with Crippen LogP contribution in [0, 0.1) is 0 Å². The smallest absolute Gasteiger partial charge is 0.404 e. The van der Waals surface area contributed by atoms with Crippen LogP contribution in [-0.4, -0.2) is 41.2 Å². The molecule has 1 saturated heterocycles. The number of carboxylic acid groups (broad SMARTS) is 1. The van der Waals surface area contributed by atoms with E-state index in [9.17, 15) is 19.2 Å². The Bertz CT molecular complexity index is 1880. The number of nitrogens with zero attached hydrogens (tertiary/aromatic N) is 2. The SMILES string of the molecule is O=C(O)NC1CCN(c2c(Nc3cccc(NC(=O)c4sccc4NCc4ccnc5ccccc45)c3)c(=O)c2=O)CC1. The normalized spacial score (nSPS) is 13.6. The molecule has 43 heavy (non-hydrogen) atoms. The number of para-hydroxylation sites is 1. The minimum Gasteiger partial charge on any atom is -0.465 e.